The Bertz CT molecular complexity index is 996. The van der Waals surface area contributed by atoms with Crippen LogP contribution < -0.4 is 10.6 Å². The summed E-state index contributed by atoms with van der Waals surface area (Å²) in [7, 11) is 0. The standard InChI is InChI=1S/C22H22N4O2/c1-15-20(17-10-6-3-7-11-17)21-24-22(28)18(26(21)25-15)14-19(27)23-13-12-16-8-4-2-5-9-16/h2-11,18H,12-14H2,1H3,(H,23,27)(H,24,28). The molecule has 0 aliphatic carbocycles. The van der Waals surface area contributed by atoms with Crippen molar-refractivity contribution in [1.82, 2.24) is 15.1 Å². The highest BCUT2D eigenvalue weighted by Gasteiger charge is 2.36. The maximum Gasteiger partial charge on any atom is 0.251 e. The largest absolute Gasteiger partial charge is 0.356 e. The number of amides is 2. The van der Waals surface area contributed by atoms with Crippen LogP contribution in [-0.2, 0) is 16.0 Å². The van der Waals surface area contributed by atoms with Gasteiger partial charge in [0, 0.05) is 12.1 Å². The van der Waals surface area contributed by atoms with Gasteiger partial charge in [-0.2, -0.15) is 5.10 Å². The summed E-state index contributed by atoms with van der Waals surface area (Å²) in [4.78, 5) is 24.8. The highest BCUT2D eigenvalue weighted by atomic mass is 16.2. The first kappa shape index (κ1) is 18.0. The van der Waals surface area contributed by atoms with Gasteiger partial charge in [-0.15, -0.1) is 0 Å². The van der Waals surface area contributed by atoms with E-state index in [9.17, 15) is 9.59 Å². The summed E-state index contributed by atoms with van der Waals surface area (Å²) in [6.45, 7) is 2.45. The lowest BCUT2D eigenvalue weighted by molar-refractivity contribution is -0.126. The summed E-state index contributed by atoms with van der Waals surface area (Å²) in [6, 6.07) is 19.2. The third kappa shape index (κ3) is 3.53. The number of anilines is 1. The first-order valence-electron chi connectivity index (χ1n) is 9.39. The van der Waals surface area contributed by atoms with E-state index in [0.717, 1.165) is 23.2 Å². The molecule has 2 heterocycles. The van der Waals surface area contributed by atoms with Crippen molar-refractivity contribution in [3.8, 4) is 11.1 Å². The molecule has 0 saturated carbocycles. The van der Waals surface area contributed by atoms with E-state index in [1.807, 2.05) is 67.6 Å². The van der Waals surface area contributed by atoms with Gasteiger partial charge in [0.05, 0.1) is 12.1 Å². The molecule has 3 aromatic rings. The van der Waals surface area contributed by atoms with E-state index in [4.69, 9.17) is 0 Å². The molecule has 6 nitrogen and oxygen atoms in total. The average Bonchev–Trinajstić information content (AvgIpc) is 3.17. The van der Waals surface area contributed by atoms with Gasteiger partial charge in [0.2, 0.25) is 5.91 Å². The molecule has 0 bridgehead atoms. The van der Waals surface area contributed by atoms with Gasteiger partial charge in [0.1, 0.15) is 11.9 Å². The third-order valence-corrected chi connectivity index (χ3v) is 4.94. The molecule has 2 amide bonds. The summed E-state index contributed by atoms with van der Waals surface area (Å²) in [6.07, 6.45) is 0.830. The van der Waals surface area contributed by atoms with Gasteiger partial charge < -0.3 is 10.6 Å². The molecule has 4 rings (SSSR count). The second-order valence-electron chi connectivity index (χ2n) is 6.91. The molecule has 142 valence electrons. The van der Waals surface area contributed by atoms with Crippen LogP contribution in [0.5, 0.6) is 0 Å². The summed E-state index contributed by atoms with van der Waals surface area (Å²) in [5.41, 5.74) is 3.89. The van der Waals surface area contributed by atoms with E-state index < -0.39 is 6.04 Å². The molecule has 0 spiro atoms. The molecule has 1 aliphatic heterocycles. The van der Waals surface area contributed by atoms with Crippen molar-refractivity contribution in [3.05, 3.63) is 71.9 Å². The smallest absolute Gasteiger partial charge is 0.251 e. The zero-order valence-electron chi connectivity index (χ0n) is 15.7. The summed E-state index contributed by atoms with van der Waals surface area (Å²) < 4.78 is 1.65. The molecule has 1 unspecified atom stereocenters. The first-order valence-corrected chi connectivity index (χ1v) is 9.39. The molecule has 2 aromatic carbocycles. The maximum atomic E-state index is 12.5. The van der Waals surface area contributed by atoms with Crippen LogP contribution in [0.15, 0.2) is 60.7 Å². The Morgan fingerprint density at radius 1 is 1.11 bits per heavy atom. The van der Waals surface area contributed by atoms with Crippen LogP contribution in [0.1, 0.15) is 23.7 Å². The topological polar surface area (TPSA) is 76.0 Å². The van der Waals surface area contributed by atoms with Crippen molar-refractivity contribution in [1.29, 1.82) is 0 Å². The van der Waals surface area contributed by atoms with Crippen molar-refractivity contribution in [2.75, 3.05) is 11.9 Å². The van der Waals surface area contributed by atoms with E-state index in [2.05, 4.69) is 15.7 Å². The van der Waals surface area contributed by atoms with E-state index in [0.29, 0.717) is 12.4 Å². The van der Waals surface area contributed by atoms with E-state index in [-0.39, 0.29) is 18.2 Å². The number of fused-ring (bicyclic) bond motifs is 1. The minimum absolute atomic E-state index is 0.0724. The Labute approximate surface area is 163 Å². The normalized spacial score (nSPS) is 15.2. The van der Waals surface area contributed by atoms with Crippen LogP contribution in [0, 0.1) is 6.92 Å². The summed E-state index contributed by atoms with van der Waals surface area (Å²) in [5, 5.41) is 10.3. The fraction of sp³-hybridized carbons (Fsp3) is 0.227. The minimum Gasteiger partial charge on any atom is -0.356 e. The van der Waals surface area contributed by atoms with Crippen LogP contribution in [0.3, 0.4) is 0 Å². The van der Waals surface area contributed by atoms with Gasteiger partial charge in [0.25, 0.3) is 5.91 Å². The number of carbonyl (C=O) groups excluding carboxylic acids is 2. The van der Waals surface area contributed by atoms with Gasteiger partial charge in [-0.1, -0.05) is 60.7 Å². The Kier molecular flexibility index (Phi) is 4.93. The summed E-state index contributed by atoms with van der Waals surface area (Å²) >= 11 is 0. The van der Waals surface area contributed by atoms with E-state index >= 15 is 0 Å². The number of aromatic nitrogens is 2. The molecule has 6 heteroatoms. The number of nitrogens with zero attached hydrogens (tertiary/aromatic N) is 2. The van der Waals surface area contributed by atoms with Crippen molar-refractivity contribution < 1.29 is 9.59 Å². The Morgan fingerprint density at radius 3 is 2.50 bits per heavy atom. The number of hydrogen-bond acceptors (Lipinski definition) is 3. The SMILES string of the molecule is Cc1nn2c(c1-c1ccccc1)NC(=O)C2CC(=O)NCCc1ccccc1. The number of hydrogen-bond donors (Lipinski definition) is 2. The second kappa shape index (κ2) is 7.68. The highest BCUT2D eigenvalue weighted by molar-refractivity contribution is 6.03. The van der Waals surface area contributed by atoms with E-state index in [1.165, 1.54) is 5.56 Å². The van der Waals surface area contributed by atoms with Crippen LogP contribution >= 0.6 is 0 Å². The monoisotopic (exact) mass is 374 g/mol. The lowest BCUT2D eigenvalue weighted by atomic mass is 10.1. The third-order valence-electron chi connectivity index (χ3n) is 4.94. The number of benzene rings is 2. The van der Waals surface area contributed by atoms with Crippen LogP contribution in [0.25, 0.3) is 11.1 Å². The van der Waals surface area contributed by atoms with Gasteiger partial charge in [-0.3, -0.25) is 9.59 Å². The maximum absolute atomic E-state index is 12.5. The number of rotatable bonds is 6. The lowest BCUT2D eigenvalue weighted by Crippen LogP contribution is -2.30. The molecule has 0 saturated heterocycles. The van der Waals surface area contributed by atoms with Crippen LogP contribution in [0.2, 0.25) is 0 Å². The van der Waals surface area contributed by atoms with E-state index in [1.54, 1.807) is 4.68 Å². The number of nitrogens with one attached hydrogen (secondary N) is 2. The fourth-order valence-electron chi connectivity index (χ4n) is 3.57. The zero-order valence-corrected chi connectivity index (χ0v) is 15.7. The van der Waals surface area contributed by atoms with Crippen LogP contribution in [-0.4, -0.2) is 28.1 Å². The van der Waals surface area contributed by atoms with Crippen LogP contribution in [0.4, 0.5) is 5.82 Å². The molecular formula is C22H22N4O2. The Hall–Kier alpha value is -3.41. The molecule has 1 aliphatic rings. The van der Waals surface area contributed by atoms with Crippen molar-refractivity contribution in [2.45, 2.75) is 25.8 Å². The Balaban J connectivity index is 1.44. The van der Waals surface area contributed by atoms with Crippen molar-refractivity contribution in [3.63, 3.8) is 0 Å². The van der Waals surface area contributed by atoms with Gasteiger partial charge in [-0.05, 0) is 24.5 Å². The molecule has 28 heavy (non-hydrogen) atoms. The molecular weight excluding hydrogens is 352 g/mol. The first-order chi connectivity index (χ1) is 13.6. The number of aryl methyl sites for hydroxylation is 1. The summed E-state index contributed by atoms with van der Waals surface area (Å²) in [5.74, 6) is 0.312. The number of carbonyl (C=O) groups is 2. The zero-order chi connectivity index (χ0) is 19.5. The Morgan fingerprint density at radius 2 is 1.79 bits per heavy atom. The molecule has 1 atom stereocenters. The fourth-order valence-corrected chi connectivity index (χ4v) is 3.57. The van der Waals surface area contributed by atoms with Gasteiger partial charge in [-0.25, -0.2) is 4.68 Å². The average molecular weight is 374 g/mol. The molecule has 2 N–H and O–H groups in total. The highest BCUT2D eigenvalue weighted by Crippen LogP contribution is 2.37. The predicted octanol–water partition coefficient (Wildman–Crippen LogP) is 3.10. The van der Waals surface area contributed by atoms with Crippen molar-refractivity contribution >= 4 is 17.6 Å². The molecule has 1 aromatic heterocycles. The van der Waals surface area contributed by atoms with Gasteiger partial charge in [0.15, 0.2) is 0 Å². The minimum atomic E-state index is -0.622. The quantitative estimate of drug-likeness (QED) is 0.696. The lowest BCUT2D eigenvalue weighted by Gasteiger charge is -2.10. The predicted molar refractivity (Wildman–Crippen MR) is 108 cm³/mol. The molecule has 0 radical (unpaired) electrons. The van der Waals surface area contributed by atoms with Gasteiger partial charge >= 0.3 is 0 Å². The van der Waals surface area contributed by atoms with Crippen molar-refractivity contribution in [2.24, 2.45) is 0 Å². The second-order valence-corrected chi connectivity index (χ2v) is 6.91. The molecule has 0 fully saturated rings.